The number of rotatable bonds is 4. The van der Waals surface area contributed by atoms with Crippen LogP contribution in [-0.2, 0) is 10.4 Å². The second kappa shape index (κ2) is 10.7. The Morgan fingerprint density at radius 3 is 2.38 bits per heavy atom. The Morgan fingerprint density at radius 2 is 1.76 bits per heavy atom. The molecule has 5 rings (SSSR count). The van der Waals surface area contributed by atoms with Crippen molar-refractivity contribution in [2.24, 2.45) is 17.8 Å². The monoisotopic (exact) mass is 529 g/mol. The number of benzene rings is 1. The van der Waals surface area contributed by atoms with E-state index in [2.05, 4.69) is 15.2 Å². The average molecular weight is 530 g/mol. The van der Waals surface area contributed by atoms with Gasteiger partial charge in [0.1, 0.15) is 17.2 Å². The minimum atomic E-state index is -1.16. The summed E-state index contributed by atoms with van der Waals surface area (Å²) < 4.78 is 28.5. The number of hydrogen-bond acceptors (Lipinski definition) is 6. The van der Waals surface area contributed by atoms with Gasteiger partial charge in [-0.05, 0) is 35.9 Å². The van der Waals surface area contributed by atoms with Crippen LogP contribution >= 0.6 is 12.4 Å². The van der Waals surface area contributed by atoms with Crippen LogP contribution in [0.3, 0.4) is 0 Å². The molecule has 4 heterocycles. The first-order valence-electron chi connectivity index (χ1n) is 12.2. The van der Waals surface area contributed by atoms with Gasteiger partial charge >= 0.3 is 0 Å². The second-order valence-corrected chi connectivity index (χ2v) is 9.95. The van der Waals surface area contributed by atoms with Crippen molar-refractivity contribution in [1.82, 2.24) is 20.1 Å². The molecule has 0 radical (unpaired) electrons. The Bertz CT molecular complexity index is 1220. The van der Waals surface area contributed by atoms with Gasteiger partial charge in [0.2, 0.25) is 5.91 Å². The SMILES string of the molecule is C[C@@H]1CN(C(=O)[C@@H]2CN(c3cccnn3)C[C@H]2c2ccc(F)cc2F)C[C@H](C)[C@]1(O)c1ccccn1.Cl. The first-order valence-corrected chi connectivity index (χ1v) is 12.2. The van der Waals surface area contributed by atoms with Gasteiger partial charge in [0.05, 0.1) is 11.6 Å². The number of carbonyl (C=O) groups excluding carboxylic acids is 1. The molecule has 1 N–H and O–H groups in total. The molecule has 37 heavy (non-hydrogen) atoms. The first kappa shape index (κ1) is 26.9. The number of piperidine rings is 1. The number of aromatic nitrogens is 3. The molecule has 1 aromatic carbocycles. The number of amides is 1. The fraction of sp³-hybridized carbons (Fsp3) is 0.407. The summed E-state index contributed by atoms with van der Waals surface area (Å²) in [5, 5.41) is 19.7. The zero-order valence-corrected chi connectivity index (χ0v) is 21.5. The molecule has 2 fully saturated rings. The van der Waals surface area contributed by atoms with E-state index in [1.165, 1.54) is 12.1 Å². The summed E-state index contributed by atoms with van der Waals surface area (Å²) in [4.78, 5) is 22.0. The fourth-order valence-electron chi connectivity index (χ4n) is 5.84. The van der Waals surface area contributed by atoms with E-state index < -0.39 is 29.1 Å². The molecule has 5 atom stereocenters. The number of halogens is 3. The van der Waals surface area contributed by atoms with Crippen molar-refractivity contribution >= 4 is 24.1 Å². The van der Waals surface area contributed by atoms with Crippen molar-refractivity contribution in [2.75, 3.05) is 31.1 Å². The van der Waals surface area contributed by atoms with E-state index in [9.17, 15) is 18.7 Å². The van der Waals surface area contributed by atoms with Gasteiger partial charge in [-0.25, -0.2) is 8.78 Å². The van der Waals surface area contributed by atoms with Crippen molar-refractivity contribution in [3.8, 4) is 0 Å². The third-order valence-electron chi connectivity index (χ3n) is 7.76. The quantitative estimate of drug-likeness (QED) is 0.554. The van der Waals surface area contributed by atoms with E-state index in [1.54, 1.807) is 35.5 Å². The van der Waals surface area contributed by atoms with Crippen LogP contribution in [0.5, 0.6) is 0 Å². The summed E-state index contributed by atoms with van der Waals surface area (Å²) in [6.07, 6.45) is 3.23. The summed E-state index contributed by atoms with van der Waals surface area (Å²) in [6, 6.07) is 12.5. The van der Waals surface area contributed by atoms with Crippen molar-refractivity contribution < 1.29 is 18.7 Å². The van der Waals surface area contributed by atoms with Gasteiger partial charge < -0.3 is 14.9 Å². The summed E-state index contributed by atoms with van der Waals surface area (Å²) in [5.74, 6) is -2.41. The third-order valence-corrected chi connectivity index (χ3v) is 7.76. The maximum absolute atomic E-state index is 14.9. The third kappa shape index (κ3) is 4.90. The van der Waals surface area contributed by atoms with Gasteiger partial charge in [-0.15, -0.1) is 17.5 Å². The molecule has 2 aromatic heterocycles. The molecular weight excluding hydrogens is 500 g/mol. The lowest BCUT2D eigenvalue weighted by atomic mass is 9.72. The zero-order valence-electron chi connectivity index (χ0n) is 20.7. The highest BCUT2D eigenvalue weighted by atomic mass is 35.5. The lowest BCUT2D eigenvalue weighted by molar-refractivity contribution is -0.153. The predicted octanol–water partition coefficient (Wildman–Crippen LogP) is 3.79. The Labute approximate surface area is 221 Å². The van der Waals surface area contributed by atoms with E-state index in [4.69, 9.17) is 0 Å². The van der Waals surface area contributed by atoms with Gasteiger partial charge in [0.15, 0.2) is 5.82 Å². The fourth-order valence-corrected chi connectivity index (χ4v) is 5.84. The number of aliphatic hydroxyl groups is 1. The molecular formula is C27H30ClF2N5O2. The highest BCUT2D eigenvalue weighted by Gasteiger charge is 2.50. The highest BCUT2D eigenvalue weighted by Crippen LogP contribution is 2.42. The number of likely N-dealkylation sites (tertiary alicyclic amines) is 1. The van der Waals surface area contributed by atoms with Gasteiger partial charge in [0.25, 0.3) is 0 Å². The summed E-state index contributed by atoms with van der Waals surface area (Å²) in [5.41, 5.74) is -0.260. The van der Waals surface area contributed by atoms with Gasteiger partial charge in [-0.1, -0.05) is 26.0 Å². The molecule has 0 aliphatic carbocycles. The van der Waals surface area contributed by atoms with Gasteiger partial charge in [0, 0.05) is 62.4 Å². The van der Waals surface area contributed by atoms with Crippen LogP contribution < -0.4 is 4.90 Å². The molecule has 0 saturated carbocycles. The standard InChI is InChI=1S/C27H29F2N5O2.ClH/c1-17-13-34(14-18(2)27(17,36)24-6-3-4-10-30-24)26(35)22-16-33(25-7-5-11-31-32-25)15-21(22)20-9-8-19(28)12-23(20)29;/h3-12,17-18,21-22,36H,13-16H2,1-2H3;1H/t17-,18+,21-,22+,27+;/m0./s1. The predicted molar refractivity (Wildman–Crippen MR) is 137 cm³/mol. The molecule has 196 valence electrons. The lowest BCUT2D eigenvalue weighted by Gasteiger charge is -2.48. The average Bonchev–Trinajstić information content (AvgIpc) is 3.32. The Kier molecular flexibility index (Phi) is 7.75. The summed E-state index contributed by atoms with van der Waals surface area (Å²) in [7, 11) is 0. The van der Waals surface area contributed by atoms with Crippen molar-refractivity contribution in [1.29, 1.82) is 0 Å². The first-order chi connectivity index (χ1) is 17.3. The number of hydrogen-bond donors (Lipinski definition) is 1. The number of nitrogens with zero attached hydrogens (tertiary/aromatic N) is 5. The van der Waals surface area contributed by atoms with Crippen molar-refractivity contribution in [2.45, 2.75) is 25.4 Å². The van der Waals surface area contributed by atoms with Crippen LogP contribution in [-0.4, -0.2) is 57.3 Å². The maximum Gasteiger partial charge on any atom is 0.228 e. The lowest BCUT2D eigenvalue weighted by Crippen LogP contribution is -2.57. The largest absolute Gasteiger partial charge is 0.383 e. The Morgan fingerprint density at radius 1 is 1.00 bits per heavy atom. The van der Waals surface area contributed by atoms with Crippen molar-refractivity contribution in [3.05, 3.63) is 83.8 Å². The maximum atomic E-state index is 14.9. The van der Waals surface area contributed by atoms with Crippen LogP contribution in [0.2, 0.25) is 0 Å². The van der Waals surface area contributed by atoms with E-state index in [0.29, 0.717) is 43.3 Å². The minimum absolute atomic E-state index is 0. The van der Waals surface area contributed by atoms with E-state index in [1.807, 2.05) is 30.9 Å². The number of anilines is 1. The van der Waals surface area contributed by atoms with Gasteiger partial charge in [-0.2, -0.15) is 5.10 Å². The van der Waals surface area contributed by atoms with Crippen LogP contribution in [0.4, 0.5) is 14.6 Å². The molecule has 2 aliphatic heterocycles. The van der Waals surface area contributed by atoms with E-state index in [-0.39, 0.29) is 30.2 Å². The highest BCUT2D eigenvalue weighted by molar-refractivity contribution is 5.85. The normalized spacial score (nSPS) is 27.6. The van der Waals surface area contributed by atoms with Crippen molar-refractivity contribution in [3.63, 3.8) is 0 Å². The molecule has 10 heteroatoms. The topological polar surface area (TPSA) is 82.5 Å². The Balaban J connectivity index is 0.00000320. The molecule has 2 aliphatic rings. The molecule has 7 nitrogen and oxygen atoms in total. The molecule has 3 aromatic rings. The van der Waals surface area contributed by atoms with Crippen LogP contribution in [0.25, 0.3) is 0 Å². The molecule has 0 spiro atoms. The summed E-state index contributed by atoms with van der Waals surface area (Å²) in [6.45, 7) is 5.22. The minimum Gasteiger partial charge on any atom is -0.383 e. The molecule has 0 bridgehead atoms. The van der Waals surface area contributed by atoms with E-state index in [0.717, 1.165) is 6.07 Å². The van der Waals surface area contributed by atoms with E-state index >= 15 is 0 Å². The van der Waals surface area contributed by atoms with Crippen LogP contribution in [0.15, 0.2) is 60.9 Å². The number of carbonyl (C=O) groups is 1. The molecule has 0 unspecified atom stereocenters. The summed E-state index contributed by atoms with van der Waals surface area (Å²) >= 11 is 0. The zero-order chi connectivity index (χ0) is 25.4. The number of pyridine rings is 1. The molecule has 1 amide bonds. The molecule has 2 saturated heterocycles. The van der Waals surface area contributed by atoms with Crippen LogP contribution in [0, 0.1) is 29.4 Å². The Hall–Kier alpha value is -3.17. The van der Waals surface area contributed by atoms with Crippen LogP contribution in [0.1, 0.15) is 31.0 Å². The van der Waals surface area contributed by atoms with Gasteiger partial charge in [-0.3, -0.25) is 9.78 Å². The smallest absolute Gasteiger partial charge is 0.228 e. The second-order valence-electron chi connectivity index (χ2n) is 9.95.